The zero-order valence-corrected chi connectivity index (χ0v) is 6.64. The summed E-state index contributed by atoms with van der Waals surface area (Å²) in [4.78, 5) is 0. The monoisotopic (exact) mass is 217 g/mol. The molecule has 0 saturated carbocycles. The van der Waals surface area contributed by atoms with Crippen molar-refractivity contribution in [3.63, 3.8) is 0 Å². The van der Waals surface area contributed by atoms with Gasteiger partial charge in [0.2, 0.25) is 0 Å². The third-order valence-electron chi connectivity index (χ3n) is 0.366. The predicted octanol–water partition coefficient (Wildman–Crippen LogP) is -3.51. The summed E-state index contributed by atoms with van der Waals surface area (Å²) < 4.78 is 2.20. The normalized spacial score (nSPS) is 10.9. The van der Waals surface area contributed by atoms with Gasteiger partial charge in [-0.3, -0.25) is 0 Å². The predicted molar refractivity (Wildman–Crippen MR) is 23.5 cm³/mol. The topological polar surface area (TPSA) is 35.5 Å². The van der Waals surface area contributed by atoms with E-state index in [0.29, 0.717) is 0 Å². The van der Waals surface area contributed by atoms with E-state index in [1.165, 1.54) is 3.28 Å². The zero-order valence-electron chi connectivity index (χ0n) is 4.48. The first-order valence-corrected chi connectivity index (χ1v) is 4.43. The SMILES string of the molecule is CNC[I-]N(C)O. The van der Waals surface area contributed by atoms with Crippen LogP contribution >= 0.6 is 0 Å². The summed E-state index contributed by atoms with van der Waals surface area (Å²) in [7, 11) is 3.55. The van der Waals surface area contributed by atoms with Gasteiger partial charge in [-0.15, -0.1) is 0 Å². The summed E-state index contributed by atoms with van der Waals surface area (Å²) in [5.41, 5.74) is 0. The Labute approximate surface area is 54.3 Å². The van der Waals surface area contributed by atoms with Gasteiger partial charge in [-0.05, 0) is 0 Å². The second-order valence-corrected chi connectivity index (χ2v) is 3.89. The van der Waals surface area contributed by atoms with Crippen LogP contribution in [0.4, 0.5) is 0 Å². The summed E-state index contributed by atoms with van der Waals surface area (Å²) in [6.45, 7) is 0. The van der Waals surface area contributed by atoms with Gasteiger partial charge in [0.15, 0.2) is 0 Å². The average Bonchev–Trinajstić information content (AvgIpc) is 1.61. The average molecular weight is 217 g/mol. The Kier molecular flexibility index (Phi) is 5.18. The van der Waals surface area contributed by atoms with Crippen LogP contribution in [0.5, 0.6) is 0 Å². The Bertz CT molecular complexity index is 41.9. The molecule has 0 aliphatic carbocycles. The standard InChI is InChI=1S/C3H10IN2O/c1-5-3-4-6(2)7/h5,7H,3H2,1-2H3/q-1. The first kappa shape index (κ1) is 7.61. The molecule has 0 aliphatic rings. The van der Waals surface area contributed by atoms with E-state index in [4.69, 9.17) is 5.21 Å². The van der Waals surface area contributed by atoms with E-state index in [1.54, 1.807) is 7.05 Å². The van der Waals surface area contributed by atoms with Crippen LogP contribution in [0.3, 0.4) is 0 Å². The molecule has 4 heteroatoms. The fraction of sp³-hybridized carbons (Fsp3) is 1.00. The number of halogens is 1. The second-order valence-electron chi connectivity index (χ2n) is 1.05. The van der Waals surface area contributed by atoms with Crippen LogP contribution in [0.2, 0.25) is 0 Å². The molecule has 0 aliphatic heterocycles. The van der Waals surface area contributed by atoms with Gasteiger partial charge in [-0.25, -0.2) is 0 Å². The molecule has 0 unspecified atom stereocenters. The van der Waals surface area contributed by atoms with Crippen molar-refractivity contribution >= 4 is 0 Å². The first-order valence-electron chi connectivity index (χ1n) is 1.94. The number of nitrogens with zero attached hydrogens (tertiary/aromatic N) is 1. The van der Waals surface area contributed by atoms with Crippen molar-refractivity contribution in [1.82, 2.24) is 8.59 Å². The summed E-state index contributed by atoms with van der Waals surface area (Å²) >= 11 is -0.157. The second kappa shape index (κ2) is 4.76. The van der Waals surface area contributed by atoms with Crippen LogP contribution in [-0.4, -0.2) is 27.1 Å². The first-order chi connectivity index (χ1) is 3.27. The molecule has 2 N–H and O–H groups in total. The van der Waals surface area contributed by atoms with E-state index in [1.807, 2.05) is 7.05 Å². The minimum absolute atomic E-state index is 0.157. The van der Waals surface area contributed by atoms with Crippen molar-refractivity contribution in [2.45, 2.75) is 0 Å². The van der Waals surface area contributed by atoms with Crippen molar-refractivity contribution in [1.29, 1.82) is 0 Å². The van der Waals surface area contributed by atoms with Gasteiger partial charge in [-0.1, -0.05) is 0 Å². The van der Waals surface area contributed by atoms with Crippen LogP contribution in [0, 0.1) is 0 Å². The Hall–Kier alpha value is 0.610. The van der Waals surface area contributed by atoms with Crippen LogP contribution < -0.4 is 26.8 Å². The van der Waals surface area contributed by atoms with Gasteiger partial charge >= 0.3 is 53.9 Å². The van der Waals surface area contributed by atoms with E-state index >= 15 is 0 Å². The van der Waals surface area contributed by atoms with Crippen LogP contribution in [-0.2, 0) is 0 Å². The van der Waals surface area contributed by atoms with E-state index in [0.717, 1.165) is 4.55 Å². The Morgan fingerprint density at radius 1 is 1.86 bits per heavy atom. The molecule has 7 heavy (non-hydrogen) atoms. The number of alkyl halides is 1. The van der Waals surface area contributed by atoms with Crippen molar-refractivity contribution in [3.8, 4) is 0 Å². The molecule has 0 atom stereocenters. The molecule has 0 rings (SSSR count). The molecule has 0 spiro atoms. The molecule has 0 radical (unpaired) electrons. The Morgan fingerprint density at radius 3 is 2.57 bits per heavy atom. The molecule has 0 bridgehead atoms. The third-order valence-corrected chi connectivity index (χ3v) is 2.46. The molecule has 0 aromatic heterocycles. The number of hydrogen-bond acceptors (Lipinski definition) is 3. The Balaban J connectivity index is 2.68. The summed E-state index contributed by atoms with van der Waals surface area (Å²) in [6.07, 6.45) is 0. The molecule has 0 aromatic rings. The van der Waals surface area contributed by atoms with Crippen LogP contribution in [0.15, 0.2) is 0 Å². The molecule has 0 fully saturated rings. The maximum atomic E-state index is 8.53. The molecule has 3 nitrogen and oxygen atoms in total. The van der Waals surface area contributed by atoms with E-state index in [2.05, 4.69) is 5.32 Å². The maximum absolute atomic E-state index is 8.53. The number of hydrogen-bond donors (Lipinski definition) is 2. The van der Waals surface area contributed by atoms with Crippen molar-refractivity contribution in [3.05, 3.63) is 0 Å². The number of nitrogens with one attached hydrogen (secondary N) is 1. The summed E-state index contributed by atoms with van der Waals surface area (Å²) in [5, 5.41) is 11.5. The van der Waals surface area contributed by atoms with Gasteiger partial charge in [0.05, 0.1) is 0 Å². The molecular weight excluding hydrogens is 207 g/mol. The van der Waals surface area contributed by atoms with Gasteiger partial charge in [0.1, 0.15) is 0 Å². The molecule has 0 heterocycles. The molecular formula is C3H10IN2O-. The van der Waals surface area contributed by atoms with Crippen molar-refractivity contribution < 1.29 is 26.7 Å². The minimum atomic E-state index is -0.157. The number of hydroxylamine groups is 1. The van der Waals surface area contributed by atoms with E-state index in [9.17, 15) is 0 Å². The van der Waals surface area contributed by atoms with Gasteiger partial charge < -0.3 is 0 Å². The fourth-order valence-corrected chi connectivity index (χ4v) is 0.981. The molecule has 0 amide bonds. The molecule has 0 aromatic carbocycles. The summed E-state index contributed by atoms with van der Waals surface area (Å²) in [6, 6.07) is 0. The zero-order chi connectivity index (χ0) is 5.70. The van der Waals surface area contributed by atoms with E-state index in [-0.39, 0.29) is 21.5 Å². The summed E-state index contributed by atoms with van der Waals surface area (Å²) in [5.74, 6) is 0. The van der Waals surface area contributed by atoms with Crippen molar-refractivity contribution in [2.24, 2.45) is 0 Å². The van der Waals surface area contributed by atoms with Gasteiger partial charge in [0, 0.05) is 0 Å². The quantitative estimate of drug-likeness (QED) is 0.169. The molecule has 0 saturated heterocycles. The third kappa shape index (κ3) is 6.61. The van der Waals surface area contributed by atoms with Crippen LogP contribution in [0.1, 0.15) is 0 Å². The van der Waals surface area contributed by atoms with Crippen molar-refractivity contribution in [2.75, 3.05) is 18.6 Å². The van der Waals surface area contributed by atoms with Gasteiger partial charge in [-0.2, -0.15) is 0 Å². The van der Waals surface area contributed by atoms with Crippen LogP contribution in [0.25, 0.3) is 0 Å². The Morgan fingerprint density at radius 2 is 2.43 bits per heavy atom. The van der Waals surface area contributed by atoms with Gasteiger partial charge in [0.25, 0.3) is 0 Å². The number of rotatable bonds is 3. The molecule has 46 valence electrons. The van der Waals surface area contributed by atoms with E-state index < -0.39 is 0 Å². The fourth-order valence-electron chi connectivity index (χ4n) is 0.146.